The molecular formula is C39H68F5NO2. The molecule has 8 heteroatoms. The van der Waals surface area contributed by atoms with Gasteiger partial charge in [0.1, 0.15) is 0 Å². The minimum absolute atomic E-state index is 1.37. The van der Waals surface area contributed by atoms with Gasteiger partial charge in [-0.3, -0.25) is 0 Å². The summed E-state index contributed by atoms with van der Waals surface area (Å²) in [5.74, 6) is -14.4. The molecule has 0 aliphatic rings. The molecule has 0 unspecified atom stereocenters. The smallest absolute Gasteiger partial charge is 0.200 e. The van der Waals surface area contributed by atoms with Crippen LogP contribution in [-0.2, 0) is 0 Å². The first kappa shape index (κ1) is 45.3. The van der Waals surface area contributed by atoms with Gasteiger partial charge in [0.2, 0.25) is 5.82 Å². The number of carbonyl (C=O) groups excluding carboxylic acids is 1. The zero-order valence-corrected chi connectivity index (χ0v) is 30.5. The van der Waals surface area contributed by atoms with Gasteiger partial charge in [0.25, 0.3) is 0 Å². The van der Waals surface area contributed by atoms with Crippen molar-refractivity contribution >= 4 is 5.97 Å². The lowest BCUT2D eigenvalue weighted by atomic mass is 10.0. The second-order valence-corrected chi connectivity index (χ2v) is 13.5. The van der Waals surface area contributed by atoms with Crippen LogP contribution in [0.2, 0.25) is 0 Å². The monoisotopic (exact) mass is 678 g/mol. The second kappa shape index (κ2) is 29.2. The van der Waals surface area contributed by atoms with Gasteiger partial charge in [-0.2, -0.15) is 0 Å². The van der Waals surface area contributed by atoms with E-state index in [0.29, 0.717) is 0 Å². The predicted octanol–water partition coefficient (Wildman–Crippen LogP) is 12.0. The van der Waals surface area contributed by atoms with Crippen LogP contribution in [0.1, 0.15) is 192 Å². The molecular weight excluding hydrogens is 609 g/mol. The number of carbonyl (C=O) groups is 1. The van der Waals surface area contributed by atoms with E-state index in [1.54, 1.807) is 0 Å². The van der Waals surface area contributed by atoms with E-state index in [2.05, 4.69) is 27.7 Å². The van der Waals surface area contributed by atoms with Crippen molar-refractivity contribution in [3.63, 3.8) is 0 Å². The summed E-state index contributed by atoms with van der Waals surface area (Å²) < 4.78 is 63.4. The molecule has 0 atom stereocenters. The van der Waals surface area contributed by atoms with Gasteiger partial charge in [0.05, 0.1) is 37.7 Å². The van der Waals surface area contributed by atoms with Crippen LogP contribution in [0.3, 0.4) is 0 Å². The molecule has 276 valence electrons. The minimum atomic E-state index is -2.47. The average molecular weight is 678 g/mol. The highest BCUT2D eigenvalue weighted by molar-refractivity contribution is 5.86. The maximum atomic E-state index is 12.5. The fourth-order valence-electron chi connectivity index (χ4n) is 6.37. The molecule has 0 aliphatic heterocycles. The van der Waals surface area contributed by atoms with Crippen molar-refractivity contribution in [2.75, 3.05) is 26.2 Å². The maximum Gasteiger partial charge on any atom is 0.200 e. The van der Waals surface area contributed by atoms with Crippen LogP contribution in [0.15, 0.2) is 0 Å². The Labute approximate surface area is 284 Å². The van der Waals surface area contributed by atoms with Gasteiger partial charge < -0.3 is 14.4 Å². The minimum Gasteiger partial charge on any atom is -0.545 e. The molecule has 0 fully saturated rings. The zero-order valence-electron chi connectivity index (χ0n) is 30.5. The highest BCUT2D eigenvalue weighted by atomic mass is 19.2. The van der Waals surface area contributed by atoms with E-state index in [9.17, 15) is 31.9 Å². The highest BCUT2D eigenvalue weighted by Gasteiger charge is 2.27. The molecule has 0 radical (unpaired) electrons. The van der Waals surface area contributed by atoms with Crippen LogP contribution in [0.25, 0.3) is 0 Å². The topological polar surface area (TPSA) is 40.1 Å². The van der Waals surface area contributed by atoms with Crippen molar-refractivity contribution in [1.82, 2.24) is 0 Å². The number of nitrogens with zero attached hydrogens (tertiary/aromatic N) is 1. The Bertz CT molecular complexity index is 829. The van der Waals surface area contributed by atoms with Gasteiger partial charge >= 0.3 is 0 Å². The molecule has 3 nitrogen and oxygen atoms in total. The van der Waals surface area contributed by atoms with Gasteiger partial charge in [0.15, 0.2) is 23.3 Å². The van der Waals surface area contributed by atoms with E-state index in [0.717, 1.165) is 0 Å². The second-order valence-electron chi connectivity index (χ2n) is 13.5. The van der Waals surface area contributed by atoms with Gasteiger partial charge in [-0.1, -0.05) is 130 Å². The summed E-state index contributed by atoms with van der Waals surface area (Å²) in [4.78, 5) is 10.0. The number of hydrogen-bond acceptors (Lipinski definition) is 2. The van der Waals surface area contributed by atoms with Gasteiger partial charge in [-0.05, 0) is 51.4 Å². The standard InChI is InChI=1S/C32H68N.C7HF5O2/c1-5-9-13-17-21-25-29-33(30-26-22-18-14-10-6-2,31-27-23-19-15-11-7-3)32-28-24-20-16-12-8-4;8-2-1(7(13)14)3(9)5(11)6(12)4(2)10/h5-32H2,1-4H3;(H,13,14)/q+1;/p-1. The Hall–Kier alpha value is -1.70. The van der Waals surface area contributed by atoms with Crippen LogP contribution in [-0.4, -0.2) is 36.6 Å². The van der Waals surface area contributed by atoms with E-state index in [1.807, 2.05) is 0 Å². The number of carboxylic acid groups (broad SMARTS) is 1. The molecule has 0 amide bonds. The summed E-state index contributed by atoms with van der Waals surface area (Å²) in [6, 6.07) is 0. The van der Waals surface area contributed by atoms with Crippen LogP contribution >= 0.6 is 0 Å². The number of carboxylic acids is 1. The summed E-state index contributed by atoms with van der Waals surface area (Å²) in [6.45, 7) is 15.3. The summed E-state index contributed by atoms with van der Waals surface area (Å²) in [7, 11) is 0. The van der Waals surface area contributed by atoms with Crippen molar-refractivity contribution in [2.45, 2.75) is 182 Å². The lowest BCUT2D eigenvalue weighted by Crippen LogP contribution is -2.50. The van der Waals surface area contributed by atoms with Crippen LogP contribution in [0.4, 0.5) is 22.0 Å². The maximum absolute atomic E-state index is 12.5. The first-order chi connectivity index (χ1) is 22.6. The zero-order chi connectivity index (χ0) is 35.3. The van der Waals surface area contributed by atoms with E-state index in [1.165, 1.54) is 185 Å². The summed E-state index contributed by atoms with van der Waals surface area (Å²) >= 11 is 0. The molecule has 1 rings (SSSR count). The van der Waals surface area contributed by atoms with Crippen molar-refractivity contribution in [1.29, 1.82) is 0 Å². The van der Waals surface area contributed by atoms with E-state index in [-0.39, 0.29) is 0 Å². The Morgan fingerprint density at radius 2 is 0.617 bits per heavy atom. The number of benzene rings is 1. The number of hydrogen-bond donors (Lipinski definition) is 0. The molecule has 0 saturated carbocycles. The average Bonchev–Trinajstić information content (AvgIpc) is 3.05. The molecule has 0 heterocycles. The van der Waals surface area contributed by atoms with Crippen LogP contribution in [0, 0.1) is 29.1 Å². The molecule has 1 aromatic rings. The third-order valence-corrected chi connectivity index (χ3v) is 9.36. The lowest BCUT2D eigenvalue weighted by molar-refractivity contribution is -0.929. The summed E-state index contributed by atoms with van der Waals surface area (Å²) in [5.41, 5.74) is -1.97. The molecule has 0 spiro atoms. The van der Waals surface area contributed by atoms with Crippen molar-refractivity contribution in [3.8, 4) is 0 Å². The molecule has 0 aromatic heterocycles. The number of aromatic carboxylic acids is 1. The van der Waals surface area contributed by atoms with Gasteiger partial charge in [-0.25, -0.2) is 22.0 Å². The third kappa shape index (κ3) is 20.4. The Morgan fingerprint density at radius 3 is 0.851 bits per heavy atom. The number of halogens is 5. The molecule has 47 heavy (non-hydrogen) atoms. The van der Waals surface area contributed by atoms with Crippen molar-refractivity contribution < 1.29 is 36.3 Å². The highest BCUT2D eigenvalue weighted by Crippen LogP contribution is 2.23. The van der Waals surface area contributed by atoms with Crippen LogP contribution in [0.5, 0.6) is 0 Å². The quantitative estimate of drug-likeness (QED) is 0.0278. The van der Waals surface area contributed by atoms with E-state index >= 15 is 0 Å². The van der Waals surface area contributed by atoms with Crippen LogP contribution < -0.4 is 5.11 Å². The lowest BCUT2D eigenvalue weighted by Gasteiger charge is -2.40. The van der Waals surface area contributed by atoms with Crippen molar-refractivity contribution in [2.24, 2.45) is 0 Å². The van der Waals surface area contributed by atoms with Crippen molar-refractivity contribution in [3.05, 3.63) is 34.6 Å². The summed E-state index contributed by atoms with van der Waals surface area (Å²) in [6.07, 6.45) is 34.8. The van der Waals surface area contributed by atoms with Gasteiger partial charge in [-0.15, -0.1) is 0 Å². The Balaban J connectivity index is 0.00000125. The van der Waals surface area contributed by atoms with E-state index < -0.39 is 40.6 Å². The first-order valence-electron chi connectivity index (χ1n) is 19.2. The molecule has 0 saturated heterocycles. The fraction of sp³-hybridized carbons (Fsp3) is 0.821. The fourth-order valence-corrected chi connectivity index (χ4v) is 6.37. The summed E-state index contributed by atoms with van der Waals surface area (Å²) in [5, 5.41) is 10.0. The predicted molar refractivity (Wildman–Crippen MR) is 184 cm³/mol. The third-order valence-electron chi connectivity index (χ3n) is 9.36. The molecule has 0 aliphatic carbocycles. The number of quaternary nitrogens is 1. The largest absolute Gasteiger partial charge is 0.545 e. The molecule has 0 bridgehead atoms. The first-order valence-corrected chi connectivity index (χ1v) is 19.2. The number of unbranched alkanes of at least 4 members (excludes halogenated alkanes) is 20. The molecule has 0 N–H and O–H groups in total. The molecule has 1 aromatic carbocycles. The van der Waals surface area contributed by atoms with Gasteiger partial charge in [0, 0.05) is 0 Å². The normalized spacial score (nSPS) is 11.5. The Kier molecular flexibility index (Phi) is 28.2. The Morgan fingerprint density at radius 1 is 0.404 bits per heavy atom. The SMILES string of the molecule is CCCCCCCC[N+](CCCCCCCC)(CCCCCCCC)CCCCCCCC.O=C([O-])c1c(F)c(F)c(F)c(F)c1F. The number of rotatable bonds is 29. The van der Waals surface area contributed by atoms with E-state index in [4.69, 9.17) is 0 Å².